The summed E-state index contributed by atoms with van der Waals surface area (Å²) in [4.78, 5) is 0. The summed E-state index contributed by atoms with van der Waals surface area (Å²) in [7, 11) is 0. The van der Waals surface area contributed by atoms with Gasteiger partial charge in [-0.05, 0) is 32.7 Å². The molecule has 2 saturated heterocycles. The minimum atomic E-state index is 0.282. The summed E-state index contributed by atoms with van der Waals surface area (Å²) in [5.74, 6) is 0. The standard InChI is InChI=1S/C22H22O4/c1-2-6-18-17(5-1)21(13-23-9-15-11-25-15)19-7-3-4-8-20(19)22(18)14-24-10-16-12-26-16/h1-8,15-16H,9-14H2. The van der Waals surface area contributed by atoms with Gasteiger partial charge < -0.3 is 18.9 Å². The van der Waals surface area contributed by atoms with Crippen LogP contribution in [0.5, 0.6) is 0 Å². The molecule has 2 aliphatic rings. The molecule has 3 aromatic rings. The monoisotopic (exact) mass is 350 g/mol. The zero-order valence-corrected chi connectivity index (χ0v) is 14.6. The van der Waals surface area contributed by atoms with Crippen molar-refractivity contribution in [1.82, 2.24) is 0 Å². The third-order valence-electron chi connectivity index (χ3n) is 5.06. The lowest BCUT2D eigenvalue weighted by molar-refractivity contribution is 0.104. The van der Waals surface area contributed by atoms with E-state index in [1.807, 2.05) is 0 Å². The van der Waals surface area contributed by atoms with E-state index in [0.717, 1.165) is 13.2 Å². The Bertz CT molecular complexity index is 795. The molecule has 0 N–H and O–H groups in total. The van der Waals surface area contributed by atoms with Gasteiger partial charge in [0.05, 0.1) is 39.6 Å². The summed E-state index contributed by atoms with van der Waals surface area (Å²) in [6.45, 7) is 4.16. The Kier molecular flexibility index (Phi) is 4.35. The molecule has 4 nitrogen and oxygen atoms in total. The highest BCUT2D eigenvalue weighted by molar-refractivity contribution is 6.05. The van der Waals surface area contributed by atoms with Gasteiger partial charge in [0.2, 0.25) is 0 Å². The second-order valence-electron chi connectivity index (χ2n) is 6.99. The quantitative estimate of drug-likeness (QED) is 0.457. The Morgan fingerprint density at radius 3 is 1.31 bits per heavy atom. The van der Waals surface area contributed by atoms with Crippen molar-refractivity contribution < 1.29 is 18.9 Å². The predicted octanol–water partition coefficient (Wildman–Crippen LogP) is 3.82. The first kappa shape index (κ1) is 16.2. The van der Waals surface area contributed by atoms with Crippen LogP contribution in [-0.4, -0.2) is 38.6 Å². The number of hydrogen-bond acceptors (Lipinski definition) is 4. The van der Waals surface area contributed by atoms with Crippen LogP contribution in [0, 0.1) is 0 Å². The maximum atomic E-state index is 5.95. The highest BCUT2D eigenvalue weighted by Crippen LogP contribution is 2.34. The Morgan fingerprint density at radius 1 is 0.654 bits per heavy atom. The van der Waals surface area contributed by atoms with Gasteiger partial charge in [0.25, 0.3) is 0 Å². The minimum Gasteiger partial charge on any atom is -0.374 e. The molecule has 26 heavy (non-hydrogen) atoms. The first-order valence-electron chi connectivity index (χ1n) is 9.20. The van der Waals surface area contributed by atoms with Gasteiger partial charge in [-0.1, -0.05) is 48.5 Å². The summed E-state index contributed by atoms with van der Waals surface area (Å²) < 4.78 is 22.4. The largest absolute Gasteiger partial charge is 0.374 e. The van der Waals surface area contributed by atoms with Crippen LogP contribution in [0.2, 0.25) is 0 Å². The molecule has 134 valence electrons. The average Bonchev–Trinajstić information content (AvgIpc) is 3.58. The Labute approximate surface area is 152 Å². The maximum Gasteiger partial charge on any atom is 0.104 e. The number of benzene rings is 3. The highest BCUT2D eigenvalue weighted by Gasteiger charge is 2.24. The van der Waals surface area contributed by atoms with Gasteiger partial charge in [0.15, 0.2) is 0 Å². The van der Waals surface area contributed by atoms with Crippen molar-refractivity contribution in [2.45, 2.75) is 25.4 Å². The highest BCUT2D eigenvalue weighted by atomic mass is 16.6. The van der Waals surface area contributed by atoms with E-state index in [0.29, 0.717) is 26.4 Å². The minimum absolute atomic E-state index is 0.282. The molecule has 2 fully saturated rings. The number of ether oxygens (including phenoxy) is 4. The smallest absolute Gasteiger partial charge is 0.104 e. The van der Waals surface area contributed by atoms with E-state index in [1.165, 1.54) is 32.7 Å². The van der Waals surface area contributed by atoms with Gasteiger partial charge in [-0.15, -0.1) is 0 Å². The molecule has 2 heterocycles. The number of rotatable bonds is 8. The van der Waals surface area contributed by atoms with Crippen molar-refractivity contribution in [1.29, 1.82) is 0 Å². The fourth-order valence-corrected chi connectivity index (χ4v) is 3.53. The van der Waals surface area contributed by atoms with Crippen LogP contribution in [0.1, 0.15) is 11.1 Å². The summed E-state index contributed by atoms with van der Waals surface area (Å²) in [6.07, 6.45) is 0.565. The third-order valence-corrected chi connectivity index (χ3v) is 5.06. The van der Waals surface area contributed by atoms with Gasteiger partial charge in [-0.3, -0.25) is 0 Å². The predicted molar refractivity (Wildman–Crippen MR) is 100 cm³/mol. The van der Waals surface area contributed by atoms with Crippen LogP contribution in [0.4, 0.5) is 0 Å². The second-order valence-corrected chi connectivity index (χ2v) is 6.99. The van der Waals surface area contributed by atoms with Crippen molar-refractivity contribution >= 4 is 21.5 Å². The molecule has 4 heteroatoms. The zero-order chi connectivity index (χ0) is 17.3. The summed E-state index contributed by atoms with van der Waals surface area (Å²) >= 11 is 0. The molecular formula is C22H22O4. The zero-order valence-electron chi connectivity index (χ0n) is 14.6. The average molecular weight is 350 g/mol. The van der Waals surface area contributed by atoms with E-state index in [-0.39, 0.29) is 12.2 Å². The summed E-state index contributed by atoms with van der Waals surface area (Å²) in [6, 6.07) is 17.1. The lowest BCUT2D eigenvalue weighted by Crippen LogP contribution is -2.05. The summed E-state index contributed by atoms with van der Waals surface area (Å²) in [5.41, 5.74) is 2.48. The Balaban J connectivity index is 1.55. The summed E-state index contributed by atoms with van der Waals surface area (Å²) in [5, 5.41) is 4.96. The molecule has 0 bridgehead atoms. The van der Waals surface area contributed by atoms with E-state index in [9.17, 15) is 0 Å². The van der Waals surface area contributed by atoms with Crippen molar-refractivity contribution in [3.63, 3.8) is 0 Å². The van der Waals surface area contributed by atoms with Crippen LogP contribution in [0.3, 0.4) is 0 Å². The number of epoxide rings is 2. The van der Waals surface area contributed by atoms with Crippen molar-refractivity contribution in [3.05, 3.63) is 59.7 Å². The SMILES string of the molecule is c1ccc2c(COCC3CO3)c3ccccc3c(COCC3CO3)c2c1. The van der Waals surface area contributed by atoms with Crippen molar-refractivity contribution in [2.75, 3.05) is 26.4 Å². The first-order valence-corrected chi connectivity index (χ1v) is 9.20. The van der Waals surface area contributed by atoms with Gasteiger partial charge in [-0.25, -0.2) is 0 Å². The van der Waals surface area contributed by atoms with Crippen molar-refractivity contribution in [2.24, 2.45) is 0 Å². The molecule has 3 aromatic carbocycles. The second kappa shape index (κ2) is 6.97. The van der Waals surface area contributed by atoms with Gasteiger partial charge in [-0.2, -0.15) is 0 Å². The molecule has 0 amide bonds. The number of hydrogen-bond donors (Lipinski definition) is 0. The van der Waals surface area contributed by atoms with Gasteiger partial charge in [0, 0.05) is 0 Å². The lowest BCUT2D eigenvalue weighted by atomic mass is 9.92. The molecule has 0 aromatic heterocycles. The van der Waals surface area contributed by atoms with Crippen LogP contribution in [0.15, 0.2) is 48.5 Å². The first-order chi connectivity index (χ1) is 12.9. The van der Waals surface area contributed by atoms with Gasteiger partial charge in [0.1, 0.15) is 12.2 Å². The Morgan fingerprint density at radius 2 is 1.00 bits per heavy atom. The molecular weight excluding hydrogens is 328 g/mol. The molecule has 0 saturated carbocycles. The van der Waals surface area contributed by atoms with Crippen molar-refractivity contribution in [3.8, 4) is 0 Å². The lowest BCUT2D eigenvalue weighted by Gasteiger charge is -2.17. The molecule has 2 atom stereocenters. The molecule has 0 spiro atoms. The maximum absolute atomic E-state index is 5.95. The normalized spacial score (nSPS) is 21.4. The fourth-order valence-electron chi connectivity index (χ4n) is 3.53. The van der Waals surface area contributed by atoms with Gasteiger partial charge >= 0.3 is 0 Å². The molecule has 5 rings (SSSR count). The topological polar surface area (TPSA) is 43.5 Å². The van der Waals surface area contributed by atoms with Crippen LogP contribution in [0.25, 0.3) is 21.5 Å². The van der Waals surface area contributed by atoms with E-state index in [4.69, 9.17) is 18.9 Å². The van der Waals surface area contributed by atoms with Crippen LogP contribution in [-0.2, 0) is 32.2 Å². The molecule has 0 radical (unpaired) electrons. The molecule has 0 aliphatic carbocycles. The Hall–Kier alpha value is -1.98. The third kappa shape index (κ3) is 3.33. The van der Waals surface area contributed by atoms with E-state index < -0.39 is 0 Å². The van der Waals surface area contributed by atoms with E-state index in [1.54, 1.807) is 0 Å². The van der Waals surface area contributed by atoms with Crippen LogP contribution >= 0.6 is 0 Å². The molecule has 2 aliphatic heterocycles. The molecule has 2 unspecified atom stereocenters. The van der Waals surface area contributed by atoms with Crippen LogP contribution < -0.4 is 0 Å². The fraction of sp³-hybridized carbons (Fsp3) is 0.364. The number of fused-ring (bicyclic) bond motifs is 2. The van der Waals surface area contributed by atoms with E-state index in [2.05, 4.69) is 48.5 Å². The van der Waals surface area contributed by atoms with E-state index >= 15 is 0 Å².